The summed E-state index contributed by atoms with van der Waals surface area (Å²) in [5.74, 6) is -2.08. The highest BCUT2D eigenvalue weighted by Crippen LogP contribution is 2.38. The molecule has 2 aliphatic heterocycles. The molecule has 0 bridgehead atoms. The van der Waals surface area contributed by atoms with Crippen LogP contribution in [0.3, 0.4) is 0 Å². The molecule has 2 aromatic carbocycles. The zero-order valence-corrected chi connectivity index (χ0v) is 26.5. The van der Waals surface area contributed by atoms with Gasteiger partial charge in [-0.15, -0.1) is 0 Å². The van der Waals surface area contributed by atoms with E-state index in [1.807, 2.05) is 42.5 Å². The number of likely N-dealkylation sites (tertiary alicyclic amines) is 2. The summed E-state index contributed by atoms with van der Waals surface area (Å²) in [6, 6.07) is 10.3. The van der Waals surface area contributed by atoms with Crippen LogP contribution in [0.25, 0.3) is 0 Å². The standard InChI is InChI=1S/C36H43F4N3O2/c1-23-9-5-13-29(37)31(23)34(45)43-20-7-12-28(33(44)41-27-11-6-10-26(21-27)35(2,3)4)32(43)25-17-15-24(16-18-25)22-42-19-8-14-30(42)36(38,39)40/h5-6,9-11,13,15-17,21,25,28,30,32H,7-8,12,14,18-20,22H2,1-4H3,(H,41,44)/t25-,28?,30-,32?/m1/s1. The molecular weight excluding hydrogens is 582 g/mol. The number of nitrogens with one attached hydrogen (secondary N) is 1. The summed E-state index contributed by atoms with van der Waals surface area (Å²) < 4.78 is 55.7. The molecular formula is C36H43F4N3O2. The first-order valence-electron chi connectivity index (χ1n) is 15.9. The maximum atomic E-state index is 15.0. The number of aryl methyl sites for hydroxylation is 1. The summed E-state index contributed by atoms with van der Waals surface area (Å²) in [5.41, 5.74) is 2.96. The molecule has 1 aliphatic carbocycles. The van der Waals surface area contributed by atoms with Gasteiger partial charge in [0.15, 0.2) is 0 Å². The number of halogens is 4. The maximum absolute atomic E-state index is 15.0. The second-order valence-electron chi connectivity index (χ2n) is 13.7. The molecule has 0 radical (unpaired) electrons. The molecule has 3 aliphatic rings. The molecule has 0 aromatic heterocycles. The molecule has 5 rings (SSSR count). The van der Waals surface area contributed by atoms with Crippen molar-refractivity contribution in [3.05, 3.63) is 88.8 Å². The van der Waals surface area contributed by atoms with E-state index in [0.29, 0.717) is 50.0 Å². The predicted octanol–water partition coefficient (Wildman–Crippen LogP) is 7.82. The van der Waals surface area contributed by atoms with Crippen molar-refractivity contribution in [3.8, 4) is 0 Å². The van der Waals surface area contributed by atoms with Crippen LogP contribution in [0.5, 0.6) is 0 Å². The number of rotatable bonds is 6. The fourth-order valence-corrected chi connectivity index (χ4v) is 7.09. The molecule has 0 saturated carbocycles. The number of carbonyl (C=O) groups is 2. The number of alkyl halides is 3. The highest BCUT2D eigenvalue weighted by atomic mass is 19.4. The van der Waals surface area contributed by atoms with Gasteiger partial charge in [-0.25, -0.2) is 4.39 Å². The molecule has 9 heteroatoms. The van der Waals surface area contributed by atoms with E-state index in [0.717, 1.165) is 11.1 Å². The van der Waals surface area contributed by atoms with E-state index in [1.54, 1.807) is 24.0 Å². The third kappa shape index (κ3) is 7.35. The number of benzene rings is 2. The van der Waals surface area contributed by atoms with Crippen molar-refractivity contribution in [3.63, 3.8) is 0 Å². The fourth-order valence-electron chi connectivity index (χ4n) is 7.09. The largest absolute Gasteiger partial charge is 0.404 e. The Morgan fingerprint density at radius 3 is 2.40 bits per heavy atom. The molecule has 2 fully saturated rings. The van der Waals surface area contributed by atoms with Crippen molar-refractivity contribution in [2.45, 2.75) is 83.5 Å². The van der Waals surface area contributed by atoms with E-state index >= 15 is 4.39 Å². The predicted molar refractivity (Wildman–Crippen MR) is 168 cm³/mol. The number of allylic oxidation sites excluding steroid dienone is 1. The number of hydrogen-bond donors (Lipinski definition) is 1. The van der Waals surface area contributed by atoms with Crippen LogP contribution in [0, 0.1) is 24.6 Å². The molecule has 0 spiro atoms. The average Bonchev–Trinajstić information content (AvgIpc) is 3.46. The molecule has 2 unspecified atom stereocenters. The van der Waals surface area contributed by atoms with Crippen molar-refractivity contribution >= 4 is 17.5 Å². The van der Waals surface area contributed by atoms with Crippen LogP contribution in [0.15, 0.2) is 66.3 Å². The minimum Gasteiger partial charge on any atom is -0.334 e. The topological polar surface area (TPSA) is 52.7 Å². The summed E-state index contributed by atoms with van der Waals surface area (Å²) in [6.45, 7) is 8.97. The van der Waals surface area contributed by atoms with Crippen LogP contribution >= 0.6 is 0 Å². The first-order valence-corrected chi connectivity index (χ1v) is 15.9. The summed E-state index contributed by atoms with van der Waals surface area (Å²) >= 11 is 0. The van der Waals surface area contributed by atoms with Gasteiger partial charge in [0, 0.05) is 24.7 Å². The monoisotopic (exact) mass is 625 g/mol. The lowest BCUT2D eigenvalue weighted by atomic mass is 9.77. The quantitative estimate of drug-likeness (QED) is 0.333. The number of hydrogen-bond acceptors (Lipinski definition) is 3. The molecule has 242 valence electrons. The van der Waals surface area contributed by atoms with Crippen LogP contribution in [0.4, 0.5) is 23.2 Å². The van der Waals surface area contributed by atoms with E-state index in [1.165, 1.54) is 11.0 Å². The Morgan fingerprint density at radius 1 is 1.00 bits per heavy atom. The van der Waals surface area contributed by atoms with E-state index in [-0.39, 0.29) is 35.8 Å². The van der Waals surface area contributed by atoms with Crippen molar-refractivity contribution in [1.29, 1.82) is 0 Å². The summed E-state index contributed by atoms with van der Waals surface area (Å²) in [5, 5.41) is 3.09. The van der Waals surface area contributed by atoms with Gasteiger partial charge in [-0.3, -0.25) is 14.5 Å². The van der Waals surface area contributed by atoms with Crippen molar-refractivity contribution in [1.82, 2.24) is 9.80 Å². The number of carbonyl (C=O) groups excluding carboxylic acids is 2. The zero-order chi connectivity index (χ0) is 32.5. The highest BCUT2D eigenvalue weighted by molar-refractivity contribution is 5.98. The van der Waals surface area contributed by atoms with Gasteiger partial charge in [0.05, 0.1) is 17.5 Å². The average molecular weight is 626 g/mol. The summed E-state index contributed by atoms with van der Waals surface area (Å²) in [6.07, 6.45) is 3.65. The number of anilines is 1. The normalized spacial score (nSPS) is 24.4. The fraction of sp³-hybridized carbons (Fsp3) is 0.500. The minimum atomic E-state index is -4.27. The van der Waals surface area contributed by atoms with Gasteiger partial charge in [0.2, 0.25) is 5.91 Å². The number of piperidine rings is 1. The highest BCUT2D eigenvalue weighted by Gasteiger charge is 2.46. The van der Waals surface area contributed by atoms with E-state index < -0.39 is 35.9 Å². The van der Waals surface area contributed by atoms with Gasteiger partial charge in [-0.05, 0) is 85.9 Å². The van der Waals surface area contributed by atoms with Crippen LogP contribution in [-0.4, -0.2) is 59.5 Å². The van der Waals surface area contributed by atoms with Crippen molar-refractivity contribution in [2.24, 2.45) is 11.8 Å². The molecule has 2 amide bonds. The van der Waals surface area contributed by atoms with Crippen LogP contribution in [-0.2, 0) is 10.2 Å². The lowest BCUT2D eigenvalue weighted by molar-refractivity contribution is -0.174. The molecule has 5 nitrogen and oxygen atoms in total. The third-order valence-corrected chi connectivity index (χ3v) is 9.49. The molecule has 2 heterocycles. The maximum Gasteiger partial charge on any atom is 0.404 e. The van der Waals surface area contributed by atoms with Gasteiger partial charge in [-0.1, -0.05) is 63.3 Å². The first kappa shape index (κ1) is 32.9. The van der Waals surface area contributed by atoms with Gasteiger partial charge >= 0.3 is 6.18 Å². The Morgan fingerprint density at radius 2 is 1.73 bits per heavy atom. The van der Waals surface area contributed by atoms with E-state index in [2.05, 4.69) is 26.1 Å². The lowest BCUT2D eigenvalue weighted by Crippen LogP contribution is -2.55. The van der Waals surface area contributed by atoms with Crippen LogP contribution in [0.1, 0.15) is 74.4 Å². The third-order valence-electron chi connectivity index (χ3n) is 9.49. The number of nitrogens with zero attached hydrogens (tertiary/aromatic N) is 2. The lowest BCUT2D eigenvalue weighted by Gasteiger charge is -2.44. The Kier molecular flexibility index (Phi) is 9.59. The SMILES string of the molecule is Cc1cccc(F)c1C(=O)N1CCCC(C(=O)Nc2cccc(C(C)(C)C)c2)C1[C@@H]1C=CC(CN2CCC[C@@H]2C(F)(F)F)=CC1. The van der Waals surface area contributed by atoms with Gasteiger partial charge in [0.25, 0.3) is 5.91 Å². The Labute approximate surface area is 263 Å². The van der Waals surface area contributed by atoms with Crippen LogP contribution in [0.2, 0.25) is 0 Å². The van der Waals surface area contributed by atoms with Gasteiger partial charge in [0.1, 0.15) is 11.9 Å². The molecule has 1 N–H and O–H groups in total. The Hall–Kier alpha value is -3.46. The van der Waals surface area contributed by atoms with Gasteiger partial charge in [-0.2, -0.15) is 13.2 Å². The molecule has 2 aromatic rings. The van der Waals surface area contributed by atoms with E-state index in [4.69, 9.17) is 0 Å². The van der Waals surface area contributed by atoms with Gasteiger partial charge < -0.3 is 10.2 Å². The Balaban J connectivity index is 1.41. The second kappa shape index (κ2) is 13.1. The molecule has 2 saturated heterocycles. The zero-order valence-electron chi connectivity index (χ0n) is 26.5. The van der Waals surface area contributed by atoms with Crippen molar-refractivity contribution in [2.75, 3.05) is 25.0 Å². The smallest absolute Gasteiger partial charge is 0.334 e. The number of amides is 2. The summed E-state index contributed by atoms with van der Waals surface area (Å²) in [4.78, 5) is 31.1. The molecule has 4 atom stereocenters. The second-order valence-corrected chi connectivity index (χ2v) is 13.7. The van der Waals surface area contributed by atoms with Crippen molar-refractivity contribution < 1.29 is 27.2 Å². The summed E-state index contributed by atoms with van der Waals surface area (Å²) in [7, 11) is 0. The Bertz CT molecular complexity index is 1460. The molecule has 45 heavy (non-hydrogen) atoms. The minimum absolute atomic E-state index is 0.00434. The van der Waals surface area contributed by atoms with E-state index in [9.17, 15) is 22.8 Å². The first-order chi connectivity index (χ1) is 21.2. The van der Waals surface area contributed by atoms with Crippen LogP contribution < -0.4 is 5.32 Å².